The highest BCUT2D eigenvalue weighted by Crippen LogP contribution is 2.37. The zero-order valence-electron chi connectivity index (χ0n) is 12.7. The molecule has 2 aromatic rings. The van der Waals surface area contributed by atoms with Crippen molar-refractivity contribution in [3.63, 3.8) is 0 Å². The monoisotopic (exact) mass is 304 g/mol. The lowest BCUT2D eigenvalue weighted by Gasteiger charge is -2.16. The third kappa shape index (κ3) is 3.70. The minimum Gasteiger partial charge on any atom is -0.497 e. The average Bonchev–Trinajstić information content (AvgIpc) is 2.54. The lowest BCUT2D eigenvalue weighted by Crippen LogP contribution is -1.99. The molecular formula is C18H21ClO2. The van der Waals surface area contributed by atoms with Crippen molar-refractivity contribution in [2.75, 3.05) is 14.2 Å². The molecule has 3 heteroatoms. The van der Waals surface area contributed by atoms with Crippen LogP contribution >= 0.6 is 11.6 Å². The van der Waals surface area contributed by atoms with Gasteiger partial charge in [-0.1, -0.05) is 37.6 Å². The van der Waals surface area contributed by atoms with Crippen LogP contribution in [-0.4, -0.2) is 14.2 Å². The molecule has 0 aliphatic carbocycles. The van der Waals surface area contributed by atoms with Crippen molar-refractivity contribution in [3.8, 4) is 11.5 Å². The molecule has 0 saturated carbocycles. The first-order chi connectivity index (χ1) is 10.2. The van der Waals surface area contributed by atoms with E-state index in [0.717, 1.165) is 35.5 Å². The van der Waals surface area contributed by atoms with E-state index in [0.29, 0.717) is 0 Å². The number of aryl methyl sites for hydroxylation is 1. The van der Waals surface area contributed by atoms with Gasteiger partial charge in [-0.25, -0.2) is 0 Å². The van der Waals surface area contributed by atoms with E-state index in [1.54, 1.807) is 14.2 Å². The Balaban J connectivity index is 2.31. The second-order valence-corrected chi connectivity index (χ2v) is 5.40. The SMILES string of the molecule is CCCc1ccc(C(Cl)c2cc(OC)ccc2OC)cc1. The molecule has 0 fully saturated rings. The zero-order chi connectivity index (χ0) is 15.2. The molecule has 2 rings (SSSR count). The maximum absolute atomic E-state index is 6.64. The highest BCUT2D eigenvalue weighted by molar-refractivity contribution is 6.22. The summed E-state index contributed by atoms with van der Waals surface area (Å²) >= 11 is 6.64. The van der Waals surface area contributed by atoms with Gasteiger partial charge < -0.3 is 9.47 Å². The highest BCUT2D eigenvalue weighted by Gasteiger charge is 2.16. The fourth-order valence-corrected chi connectivity index (χ4v) is 2.67. The van der Waals surface area contributed by atoms with Gasteiger partial charge in [-0.05, 0) is 35.7 Å². The summed E-state index contributed by atoms with van der Waals surface area (Å²) in [5.74, 6) is 1.55. The summed E-state index contributed by atoms with van der Waals surface area (Å²) in [5, 5.41) is -0.259. The first-order valence-electron chi connectivity index (χ1n) is 7.14. The van der Waals surface area contributed by atoms with Crippen molar-refractivity contribution in [1.82, 2.24) is 0 Å². The molecular weight excluding hydrogens is 284 g/mol. The van der Waals surface area contributed by atoms with E-state index in [2.05, 4.69) is 31.2 Å². The largest absolute Gasteiger partial charge is 0.497 e. The molecule has 1 atom stereocenters. The minimum absolute atomic E-state index is 0.259. The topological polar surface area (TPSA) is 18.5 Å². The summed E-state index contributed by atoms with van der Waals surface area (Å²) in [6.07, 6.45) is 2.24. The molecule has 0 N–H and O–H groups in total. The summed E-state index contributed by atoms with van der Waals surface area (Å²) in [6.45, 7) is 2.18. The van der Waals surface area contributed by atoms with Crippen LogP contribution in [0.3, 0.4) is 0 Å². The molecule has 0 bridgehead atoms. The lowest BCUT2D eigenvalue weighted by molar-refractivity contribution is 0.399. The van der Waals surface area contributed by atoms with Crippen LogP contribution in [0.25, 0.3) is 0 Å². The van der Waals surface area contributed by atoms with Crippen LogP contribution in [0.15, 0.2) is 42.5 Å². The van der Waals surface area contributed by atoms with Crippen molar-refractivity contribution in [3.05, 3.63) is 59.2 Å². The number of rotatable bonds is 6. The summed E-state index contributed by atoms with van der Waals surface area (Å²) in [6, 6.07) is 14.1. The third-order valence-corrected chi connectivity index (χ3v) is 4.01. The normalized spacial score (nSPS) is 12.0. The Bertz CT molecular complexity index is 578. The van der Waals surface area contributed by atoms with Gasteiger partial charge in [-0.15, -0.1) is 11.6 Å². The number of halogens is 1. The van der Waals surface area contributed by atoms with Crippen molar-refractivity contribution in [2.45, 2.75) is 25.1 Å². The molecule has 0 aliphatic rings. The van der Waals surface area contributed by atoms with E-state index < -0.39 is 0 Å². The third-order valence-electron chi connectivity index (χ3n) is 3.52. The summed E-state index contributed by atoms with van der Waals surface area (Å²) < 4.78 is 10.7. The molecule has 0 spiro atoms. The van der Waals surface area contributed by atoms with Crippen molar-refractivity contribution >= 4 is 11.6 Å². The number of alkyl halides is 1. The Hall–Kier alpha value is -1.67. The second kappa shape index (κ2) is 7.37. The van der Waals surface area contributed by atoms with E-state index in [1.807, 2.05) is 18.2 Å². The predicted octanol–water partition coefficient (Wildman–Crippen LogP) is 4.98. The molecule has 0 saturated heterocycles. The molecule has 0 aromatic heterocycles. The van der Waals surface area contributed by atoms with Crippen LogP contribution in [0.1, 0.15) is 35.4 Å². The van der Waals surface area contributed by atoms with Gasteiger partial charge in [0.05, 0.1) is 19.6 Å². The molecule has 0 radical (unpaired) electrons. The van der Waals surface area contributed by atoms with Gasteiger partial charge in [0.25, 0.3) is 0 Å². The summed E-state index contributed by atoms with van der Waals surface area (Å²) in [5.41, 5.74) is 3.31. The summed E-state index contributed by atoms with van der Waals surface area (Å²) in [7, 11) is 3.30. The van der Waals surface area contributed by atoms with Crippen molar-refractivity contribution in [1.29, 1.82) is 0 Å². The minimum atomic E-state index is -0.259. The maximum Gasteiger partial charge on any atom is 0.124 e. The van der Waals surface area contributed by atoms with Gasteiger partial charge in [-0.2, -0.15) is 0 Å². The maximum atomic E-state index is 6.64. The molecule has 21 heavy (non-hydrogen) atoms. The molecule has 0 heterocycles. The van der Waals surface area contributed by atoms with E-state index in [4.69, 9.17) is 21.1 Å². The van der Waals surface area contributed by atoms with Crippen LogP contribution in [0.4, 0.5) is 0 Å². The van der Waals surface area contributed by atoms with Crippen LogP contribution in [0.2, 0.25) is 0 Å². The average molecular weight is 305 g/mol. The van der Waals surface area contributed by atoms with Gasteiger partial charge in [0.15, 0.2) is 0 Å². The fourth-order valence-electron chi connectivity index (χ4n) is 2.36. The zero-order valence-corrected chi connectivity index (χ0v) is 13.5. The van der Waals surface area contributed by atoms with Gasteiger partial charge in [0.2, 0.25) is 0 Å². The first-order valence-corrected chi connectivity index (χ1v) is 7.58. The second-order valence-electron chi connectivity index (χ2n) is 4.96. The van der Waals surface area contributed by atoms with Gasteiger partial charge in [0, 0.05) is 5.56 Å². The van der Waals surface area contributed by atoms with Crippen LogP contribution in [-0.2, 0) is 6.42 Å². The molecule has 1 unspecified atom stereocenters. The van der Waals surface area contributed by atoms with Gasteiger partial charge in [0.1, 0.15) is 11.5 Å². The van der Waals surface area contributed by atoms with Crippen molar-refractivity contribution in [2.24, 2.45) is 0 Å². The Morgan fingerprint density at radius 3 is 2.29 bits per heavy atom. The number of hydrogen-bond acceptors (Lipinski definition) is 2. The fraction of sp³-hybridized carbons (Fsp3) is 0.333. The lowest BCUT2D eigenvalue weighted by atomic mass is 10.0. The standard InChI is InChI=1S/C18H21ClO2/c1-4-5-13-6-8-14(9-7-13)18(19)16-12-15(20-2)10-11-17(16)21-3/h6-12,18H,4-5H2,1-3H3. The first kappa shape index (κ1) is 15.7. The Morgan fingerprint density at radius 2 is 1.71 bits per heavy atom. The molecule has 2 aromatic carbocycles. The quantitative estimate of drug-likeness (QED) is 0.700. The van der Waals surface area contributed by atoms with Crippen LogP contribution < -0.4 is 9.47 Å². The Morgan fingerprint density at radius 1 is 1.00 bits per heavy atom. The highest BCUT2D eigenvalue weighted by atomic mass is 35.5. The van der Waals surface area contributed by atoms with Crippen molar-refractivity contribution < 1.29 is 9.47 Å². The number of benzene rings is 2. The molecule has 112 valence electrons. The number of methoxy groups -OCH3 is 2. The molecule has 0 amide bonds. The smallest absolute Gasteiger partial charge is 0.124 e. The predicted molar refractivity (Wildman–Crippen MR) is 87.7 cm³/mol. The van der Waals surface area contributed by atoms with Gasteiger partial charge >= 0.3 is 0 Å². The number of ether oxygens (including phenoxy) is 2. The molecule has 0 aliphatic heterocycles. The van der Waals surface area contributed by atoms with E-state index in [9.17, 15) is 0 Å². The van der Waals surface area contributed by atoms with Crippen LogP contribution in [0.5, 0.6) is 11.5 Å². The summed E-state index contributed by atoms with van der Waals surface area (Å²) in [4.78, 5) is 0. The molecule has 2 nitrogen and oxygen atoms in total. The Kier molecular flexibility index (Phi) is 5.51. The van der Waals surface area contributed by atoms with E-state index in [-0.39, 0.29) is 5.38 Å². The Labute approximate surface area is 131 Å². The van der Waals surface area contributed by atoms with Gasteiger partial charge in [-0.3, -0.25) is 0 Å². The number of hydrogen-bond donors (Lipinski definition) is 0. The van der Waals surface area contributed by atoms with Crippen LogP contribution in [0, 0.1) is 0 Å². The van der Waals surface area contributed by atoms with E-state index in [1.165, 1.54) is 5.56 Å². The van der Waals surface area contributed by atoms with E-state index >= 15 is 0 Å².